The molecule has 0 amide bonds. The van der Waals surface area contributed by atoms with E-state index >= 15 is 0 Å². The summed E-state index contributed by atoms with van der Waals surface area (Å²) in [5, 5.41) is 0. The van der Waals surface area contributed by atoms with Gasteiger partial charge in [0.25, 0.3) is 0 Å². The minimum absolute atomic E-state index is 0.153. The fourth-order valence-electron chi connectivity index (χ4n) is 2.88. The second-order valence-electron chi connectivity index (χ2n) is 6.33. The number of carbonyl (C=O) groups is 2. The molecule has 0 unspecified atom stereocenters. The van der Waals surface area contributed by atoms with Crippen molar-refractivity contribution in [2.24, 2.45) is 0 Å². The zero-order chi connectivity index (χ0) is 19.7. The van der Waals surface area contributed by atoms with Gasteiger partial charge in [0.05, 0.1) is 25.3 Å². The highest BCUT2D eigenvalue weighted by atomic mass is 16.5. The number of fused-ring (bicyclic) bond motifs is 1. The molecular formula is C21H20O6. The first-order valence-corrected chi connectivity index (χ1v) is 8.34. The van der Waals surface area contributed by atoms with Crippen molar-refractivity contribution < 1.29 is 28.5 Å². The summed E-state index contributed by atoms with van der Waals surface area (Å²) < 4.78 is 21.5. The van der Waals surface area contributed by atoms with Crippen molar-refractivity contribution in [1.29, 1.82) is 0 Å². The van der Waals surface area contributed by atoms with Gasteiger partial charge in [0.15, 0.2) is 17.3 Å². The maximum Gasteiger partial charge on any atom is 0.343 e. The Morgan fingerprint density at radius 2 is 1.70 bits per heavy atom. The molecule has 0 aliphatic carbocycles. The van der Waals surface area contributed by atoms with Crippen LogP contribution in [0.15, 0.2) is 41.7 Å². The summed E-state index contributed by atoms with van der Waals surface area (Å²) in [4.78, 5) is 24.9. The van der Waals surface area contributed by atoms with Crippen LogP contribution < -0.4 is 18.9 Å². The zero-order valence-corrected chi connectivity index (χ0v) is 15.8. The Morgan fingerprint density at radius 1 is 1.00 bits per heavy atom. The topological polar surface area (TPSA) is 71.1 Å². The Bertz CT molecular complexity index is 967. The molecule has 2 aromatic carbocycles. The first-order chi connectivity index (χ1) is 12.8. The molecule has 140 valence electrons. The third-order valence-corrected chi connectivity index (χ3v) is 4.20. The molecule has 6 heteroatoms. The van der Waals surface area contributed by atoms with E-state index in [-0.39, 0.29) is 5.78 Å². The Kier molecular flexibility index (Phi) is 4.90. The summed E-state index contributed by atoms with van der Waals surface area (Å²) in [7, 11) is 3.01. The fraction of sp³-hybridized carbons (Fsp3) is 0.238. The number of methoxy groups -OCH3 is 2. The molecule has 0 fully saturated rings. The van der Waals surface area contributed by atoms with E-state index in [1.807, 2.05) is 13.8 Å². The SMILES string of the molecule is COc1ccc(C(=O)Oc2cc(C)c3c(c2)OC(=C(C)C)C3=O)cc1OC. The summed E-state index contributed by atoms with van der Waals surface area (Å²) in [5.41, 5.74) is 2.29. The molecule has 0 bridgehead atoms. The summed E-state index contributed by atoms with van der Waals surface area (Å²) in [6, 6.07) is 7.96. The summed E-state index contributed by atoms with van der Waals surface area (Å²) in [6.45, 7) is 5.40. The van der Waals surface area contributed by atoms with E-state index in [2.05, 4.69) is 0 Å². The number of carbonyl (C=O) groups excluding carboxylic acids is 2. The average molecular weight is 368 g/mol. The van der Waals surface area contributed by atoms with Crippen molar-refractivity contribution in [3.05, 3.63) is 58.4 Å². The molecule has 0 atom stereocenters. The van der Waals surface area contributed by atoms with E-state index in [9.17, 15) is 9.59 Å². The number of ether oxygens (including phenoxy) is 4. The number of aryl methyl sites for hydroxylation is 1. The number of allylic oxidation sites excluding steroid dienone is 2. The first-order valence-electron chi connectivity index (χ1n) is 8.34. The number of ketones is 1. The molecule has 6 nitrogen and oxygen atoms in total. The van der Waals surface area contributed by atoms with E-state index < -0.39 is 5.97 Å². The number of hydrogen-bond acceptors (Lipinski definition) is 6. The largest absolute Gasteiger partial charge is 0.493 e. The summed E-state index contributed by atoms with van der Waals surface area (Å²) in [6.07, 6.45) is 0. The second kappa shape index (κ2) is 7.15. The standard InChI is InChI=1S/C21H20O6/c1-11(2)20-19(22)18-12(3)8-14(10-17(18)27-20)26-21(23)13-6-7-15(24-4)16(9-13)25-5/h6-10H,1-5H3. The molecule has 1 heterocycles. The summed E-state index contributed by atoms with van der Waals surface area (Å²) in [5.74, 6) is 1.25. The molecule has 0 saturated carbocycles. The van der Waals surface area contributed by atoms with Crippen LogP contribution in [0.5, 0.6) is 23.0 Å². The van der Waals surface area contributed by atoms with Crippen molar-refractivity contribution in [3.8, 4) is 23.0 Å². The van der Waals surface area contributed by atoms with Gasteiger partial charge in [0.2, 0.25) is 5.78 Å². The molecule has 1 aliphatic rings. The average Bonchev–Trinajstić information content (AvgIpc) is 2.98. The minimum atomic E-state index is -0.554. The molecule has 1 aliphatic heterocycles. The van der Waals surface area contributed by atoms with E-state index in [1.165, 1.54) is 14.2 Å². The van der Waals surface area contributed by atoms with Crippen LogP contribution in [0.25, 0.3) is 0 Å². The molecule has 3 rings (SSSR count). The van der Waals surface area contributed by atoms with Crippen LogP contribution in [0.4, 0.5) is 0 Å². The second-order valence-corrected chi connectivity index (χ2v) is 6.33. The smallest absolute Gasteiger partial charge is 0.343 e. The van der Waals surface area contributed by atoms with Gasteiger partial charge in [0.1, 0.15) is 11.5 Å². The van der Waals surface area contributed by atoms with Crippen LogP contribution in [-0.2, 0) is 0 Å². The lowest BCUT2D eigenvalue weighted by atomic mass is 10.0. The quantitative estimate of drug-likeness (QED) is 0.460. The molecule has 0 spiro atoms. The Labute approximate surface area is 157 Å². The van der Waals surface area contributed by atoms with E-state index in [0.29, 0.717) is 45.4 Å². The number of esters is 1. The predicted octanol–water partition coefficient (Wildman–Crippen LogP) is 4.10. The number of hydrogen-bond donors (Lipinski definition) is 0. The predicted molar refractivity (Wildman–Crippen MR) is 99.0 cm³/mol. The normalized spacial score (nSPS) is 12.3. The van der Waals surface area contributed by atoms with Gasteiger partial charge in [-0.2, -0.15) is 0 Å². The van der Waals surface area contributed by atoms with Gasteiger partial charge in [-0.3, -0.25) is 4.79 Å². The van der Waals surface area contributed by atoms with Crippen LogP contribution in [0, 0.1) is 6.92 Å². The highest BCUT2D eigenvalue weighted by Gasteiger charge is 2.31. The number of Topliss-reactive ketones (excluding diaryl/α,β-unsaturated/α-hetero) is 1. The molecular weight excluding hydrogens is 348 g/mol. The minimum Gasteiger partial charge on any atom is -0.493 e. The maximum atomic E-state index is 12.5. The Hall–Kier alpha value is -3.28. The zero-order valence-electron chi connectivity index (χ0n) is 15.8. The molecule has 27 heavy (non-hydrogen) atoms. The summed E-state index contributed by atoms with van der Waals surface area (Å²) >= 11 is 0. The molecule has 0 N–H and O–H groups in total. The van der Waals surface area contributed by atoms with Crippen LogP contribution in [0.3, 0.4) is 0 Å². The van der Waals surface area contributed by atoms with Gasteiger partial charge in [0, 0.05) is 6.07 Å². The van der Waals surface area contributed by atoms with Gasteiger partial charge in [-0.25, -0.2) is 4.79 Å². The molecule has 0 aromatic heterocycles. The van der Waals surface area contributed by atoms with Crippen LogP contribution in [0.1, 0.15) is 40.1 Å². The van der Waals surface area contributed by atoms with Crippen LogP contribution in [-0.4, -0.2) is 26.0 Å². The van der Waals surface area contributed by atoms with Crippen molar-refractivity contribution >= 4 is 11.8 Å². The highest BCUT2D eigenvalue weighted by Crippen LogP contribution is 2.38. The molecule has 0 radical (unpaired) electrons. The number of rotatable bonds is 4. The molecule has 2 aromatic rings. The third-order valence-electron chi connectivity index (χ3n) is 4.20. The van der Waals surface area contributed by atoms with E-state index in [4.69, 9.17) is 18.9 Å². The number of benzene rings is 2. The van der Waals surface area contributed by atoms with Gasteiger partial charge < -0.3 is 18.9 Å². The molecule has 0 saturated heterocycles. The lowest BCUT2D eigenvalue weighted by Gasteiger charge is -2.10. The Balaban J connectivity index is 1.89. The highest BCUT2D eigenvalue weighted by molar-refractivity contribution is 6.13. The van der Waals surface area contributed by atoms with Crippen molar-refractivity contribution in [2.75, 3.05) is 14.2 Å². The monoisotopic (exact) mass is 368 g/mol. The van der Waals surface area contributed by atoms with Gasteiger partial charge in [-0.15, -0.1) is 0 Å². The third kappa shape index (κ3) is 3.38. The van der Waals surface area contributed by atoms with E-state index in [1.54, 1.807) is 37.3 Å². The van der Waals surface area contributed by atoms with Crippen LogP contribution in [0.2, 0.25) is 0 Å². The van der Waals surface area contributed by atoms with Crippen molar-refractivity contribution in [1.82, 2.24) is 0 Å². The van der Waals surface area contributed by atoms with Gasteiger partial charge in [-0.1, -0.05) is 0 Å². The Morgan fingerprint density at radius 3 is 2.33 bits per heavy atom. The van der Waals surface area contributed by atoms with Crippen molar-refractivity contribution in [3.63, 3.8) is 0 Å². The lowest BCUT2D eigenvalue weighted by Crippen LogP contribution is -2.09. The van der Waals surface area contributed by atoms with E-state index in [0.717, 1.165) is 5.57 Å². The van der Waals surface area contributed by atoms with Gasteiger partial charge >= 0.3 is 5.97 Å². The van der Waals surface area contributed by atoms with Crippen LogP contribution >= 0.6 is 0 Å². The lowest BCUT2D eigenvalue weighted by molar-refractivity contribution is 0.0734. The first kappa shape index (κ1) is 18.5. The fourth-order valence-corrected chi connectivity index (χ4v) is 2.88. The van der Waals surface area contributed by atoms with Crippen molar-refractivity contribution in [2.45, 2.75) is 20.8 Å². The maximum absolute atomic E-state index is 12.5. The van der Waals surface area contributed by atoms with Gasteiger partial charge in [-0.05, 0) is 56.2 Å².